The molecule has 1 saturated heterocycles. The zero-order chi connectivity index (χ0) is 13.7. The lowest BCUT2D eigenvalue weighted by Gasteiger charge is -2.28. The molecule has 5 nitrogen and oxygen atoms in total. The number of carboxylic acids is 1. The summed E-state index contributed by atoms with van der Waals surface area (Å²) in [6.45, 7) is 3.70. The van der Waals surface area contributed by atoms with Crippen LogP contribution in [0.5, 0.6) is 0 Å². The average Bonchev–Trinajstić information content (AvgIpc) is 2.40. The zero-order valence-corrected chi connectivity index (χ0v) is 11.1. The van der Waals surface area contributed by atoms with Crippen LogP contribution in [0, 0.1) is 18.8 Å². The summed E-state index contributed by atoms with van der Waals surface area (Å²) < 4.78 is 5.29. The van der Waals surface area contributed by atoms with Crippen molar-refractivity contribution < 1.29 is 14.6 Å². The second kappa shape index (κ2) is 6.52. The summed E-state index contributed by atoms with van der Waals surface area (Å²) in [5.41, 5.74) is 1.84. The minimum Gasteiger partial charge on any atom is -0.481 e. The van der Waals surface area contributed by atoms with Crippen LogP contribution < -0.4 is 5.32 Å². The standard InChI is InChI=1S/C14H20N2O3/c1-10-8-12(2-5-15-10)16-9-13(14(17)18)11-3-6-19-7-4-11/h2,5,8,11,13H,3-4,6-7,9H2,1H3,(H,15,16)(H,17,18). The summed E-state index contributed by atoms with van der Waals surface area (Å²) in [5.74, 6) is -0.899. The third kappa shape index (κ3) is 3.92. The monoisotopic (exact) mass is 264 g/mol. The Bertz CT molecular complexity index is 430. The molecule has 2 N–H and O–H groups in total. The van der Waals surface area contributed by atoms with Crippen LogP contribution in [0.1, 0.15) is 18.5 Å². The van der Waals surface area contributed by atoms with Crippen molar-refractivity contribution in [2.45, 2.75) is 19.8 Å². The van der Waals surface area contributed by atoms with Crippen LogP contribution >= 0.6 is 0 Å². The van der Waals surface area contributed by atoms with Crippen molar-refractivity contribution in [1.82, 2.24) is 4.98 Å². The molecule has 0 aromatic carbocycles. The molecular weight excluding hydrogens is 244 g/mol. The Hall–Kier alpha value is -1.62. The third-order valence-corrected chi connectivity index (χ3v) is 3.57. The van der Waals surface area contributed by atoms with Crippen molar-refractivity contribution in [3.05, 3.63) is 24.0 Å². The van der Waals surface area contributed by atoms with E-state index in [0.717, 1.165) is 24.2 Å². The largest absolute Gasteiger partial charge is 0.481 e. The van der Waals surface area contributed by atoms with Crippen molar-refractivity contribution in [2.24, 2.45) is 11.8 Å². The maximum absolute atomic E-state index is 11.4. The van der Waals surface area contributed by atoms with Gasteiger partial charge in [-0.1, -0.05) is 0 Å². The van der Waals surface area contributed by atoms with Crippen molar-refractivity contribution >= 4 is 11.7 Å². The number of hydrogen-bond acceptors (Lipinski definition) is 4. The minimum atomic E-state index is -0.731. The van der Waals surface area contributed by atoms with Gasteiger partial charge in [0.2, 0.25) is 0 Å². The maximum Gasteiger partial charge on any atom is 0.308 e. The number of aromatic nitrogens is 1. The predicted molar refractivity (Wildman–Crippen MR) is 72.1 cm³/mol. The Morgan fingerprint density at radius 2 is 2.32 bits per heavy atom. The first-order valence-electron chi connectivity index (χ1n) is 6.64. The molecule has 1 aromatic heterocycles. The van der Waals surface area contributed by atoms with Gasteiger partial charge in [-0.15, -0.1) is 0 Å². The fraction of sp³-hybridized carbons (Fsp3) is 0.571. The Balaban J connectivity index is 1.95. The van der Waals surface area contributed by atoms with Crippen molar-refractivity contribution in [1.29, 1.82) is 0 Å². The summed E-state index contributed by atoms with van der Waals surface area (Å²) in [7, 11) is 0. The second-order valence-corrected chi connectivity index (χ2v) is 4.96. The number of aliphatic carboxylic acids is 1. The fourth-order valence-electron chi connectivity index (χ4n) is 2.46. The Morgan fingerprint density at radius 1 is 1.58 bits per heavy atom. The van der Waals surface area contributed by atoms with E-state index in [1.54, 1.807) is 6.20 Å². The van der Waals surface area contributed by atoms with E-state index in [1.807, 2.05) is 19.1 Å². The Morgan fingerprint density at radius 3 is 2.95 bits per heavy atom. The van der Waals surface area contributed by atoms with Gasteiger partial charge >= 0.3 is 5.97 Å². The summed E-state index contributed by atoms with van der Waals surface area (Å²) in [6, 6.07) is 3.78. The van der Waals surface area contributed by atoms with Gasteiger partial charge in [0.05, 0.1) is 5.92 Å². The topological polar surface area (TPSA) is 71.5 Å². The van der Waals surface area contributed by atoms with Crippen LogP contribution in [0.4, 0.5) is 5.69 Å². The molecule has 0 bridgehead atoms. The summed E-state index contributed by atoms with van der Waals surface area (Å²) >= 11 is 0. The molecule has 1 unspecified atom stereocenters. The lowest BCUT2D eigenvalue weighted by atomic mass is 9.86. The van der Waals surface area contributed by atoms with Crippen LogP contribution in [-0.4, -0.2) is 35.8 Å². The molecule has 1 aromatic rings. The van der Waals surface area contributed by atoms with Gasteiger partial charge in [0.15, 0.2) is 0 Å². The number of aryl methyl sites for hydroxylation is 1. The average molecular weight is 264 g/mol. The summed E-state index contributed by atoms with van der Waals surface area (Å²) in [5, 5.41) is 12.6. The molecular formula is C14H20N2O3. The minimum absolute atomic E-state index is 0.196. The number of carboxylic acid groups (broad SMARTS) is 1. The number of nitrogens with one attached hydrogen (secondary N) is 1. The van der Waals surface area contributed by atoms with E-state index in [9.17, 15) is 9.90 Å². The highest BCUT2D eigenvalue weighted by Crippen LogP contribution is 2.24. The van der Waals surface area contributed by atoms with Gasteiger partial charge in [-0.2, -0.15) is 0 Å². The van der Waals surface area contributed by atoms with Gasteiger partial charge in [0.25, 0.3) is 0 Å². The van der Waals surface area contributed by atoms with Crippen LogP contribution in [-0.2, 0) is 9.53 Å². The number of nitrogens with zero attached hydrogens (tertiary/aromatic N) is 1. The lowest BCUT2D eigenvalue weighted by Crippen LogP contribution is -2.33. The highest BCUT2D eigenvalue weighted by atomic mass is 16.5. The van der Waals surface area contributed by atoms with E-state index in [2.05, 4.69) is 10.3 Å². The Labute approximate surface area is 113 Å². The zero-order valence-electron chi connectivity index (χ0n) is 11.1. The first-order chi connectivity index (χ1) is 9.16. The van der Waals surface area contributed by atoms with Crippen LogP contribution in [0.3, 0.4) is 0 Å². The smallest absolute Gasteiger partial charge is 0.308 e. The van der Waals surface area contributed by atoms with Gasteiger partial charge in [-0.25, -0.2) is 0 Å². The van der Waals surface area contributed by atoms with E-state index < -0.39 is 5.97 Å². The van der Waals surface area contributed by atoms with Crippen molar-refractivity contribution in [2.75, 3.05) is 25.1 Å². The molecule has 0 aliphatic carbocycles. The molecule has 19 heavy (non-hydrogen) atoms. The molecule has 104 valence electrons. The Kier molecular flexibility index (Phi) is 4.74. The van der Waals surface area contributed by atoms with Crippen LogP contribution in [0.15, 0.2) is 18.3 Å². The second-order valence-electron chi connectivity index (χ2n) is 4.96. The van der Waals surface area contributed by atoms with Crippen LogP contribution in [0.2, 0.25) is 0 Å². The number of carbonyl (C=O) groups is 1. The SMILES string of the molecule is Cc1cc(NCC(C(=O)O)C2CCOCC2)ccn1. The maximum atomic E-state index is 11.4. The molecule has 0 saturated carbocycles. The molecule has 1 aliphatic heterocycles. The normalized spacial score (nSPS) is 17.9. The van der Waals surface area contributed by atoms with E-state index in [-0.39, 0.29) is 11.8 Å². The van der Waals surface area contributed by atoms with E-state index in [4.69, 9.17) is 4.74 Å². The lowest BCUT2D eigenvalue weighted by molar-refractivity contribution is -0.144. The number of rotatable bonds is 5. The first-order valence-corrected chi connectivity index (χ1v) is 6.64. The molecule has 0 spiro atoms. The molecule has 0 amide bonds. The molecule has 1 fully saturated rings. The number of pyridine rings is 1. The van der Waals surface area contributed by atoms with Gasteiger partial charge < -0.3 is 15.2 Å². The van der Waals surface area contributed by atoms with Gasteiger partial charge in [0, 0.05) is 37.3 Å². The molecule has 0 radical (unpaired) electrons. The number of hydrogen-bond donors (Lipinski definition) is 2. The van der Waals surface area contributed by atoms with E-state index in [1.165, 1.54) is 0 Å². The predicted octanol–water partition coefficient (Wildman–Crippen LogP) is 1.93. The quantitative estimate of drug-likeness (QED) is 0.850. The van der Waals surface area contributed by atoms with Crippen molar-refractivity contribution in [3.63, 3.8) is 0 Å². The molecule has 2 rings (SSSR count). The molecule has 5 heteroatoms. The molecule has 1 aliphatic rings. The van der Waals surface area contributed by atoms with Gasteiger partial charge in [0.1, 0.15) is 0 Å². The highest BCUT2D eigenvalue weighted by molar-refractivity contribution is 5.71. The van der Waals surface area contributed by atoms with E-state index >= 15 is 0 Å². The summed E-state index contributed by atoms with van der Waals surface area (Å²) in [4.78, 5) is 15.5. The van der Waals surface area contributed by atoms with E-state index in [0.29, 0.717) is 19.8 Å². The van der Waals surface area contributed by atoms with Crippen LogP contribution in [0.25, 0.3) is 0 Å². The van der Waals surface area contributed by atoms with Crippen molar-refractivity contribution in [3.8, 4) is 0 Å². The number of ether oxygens (including phenoxy) is 1. The summed E-state index contributed by atoms with van der Waals surface area (Å²) in [6.07, 6.45) is 3.38. The van der Waals surface area contributed by atoms with Gasteiger partial charge in [-0.05, 0) is 37.8 Å². The molecule has 2 heterocycles. The van der Waals surface area contributed by atoms with Gasteiger partial charge in [-0.3, -0.25) is 9.78 Å². The fourth-order valence-corrected chi connectivity index (χ4v) is 2.46. The first kappa shape index (κ1) is 13.8. The third-order valence-electron chi connectivity index (χ3n) is 3.57. The number of anilines is 1. The highest BCUT2D eigenvalue weighted by Gasteiger charge is 2.29. The molecule has 1 atom stereocenters.